The predicted octanol–water partition coefficient (Wildman–Crippen LogP) is 5.64. The number of esters is 1. The first-order chi connectivity index (χ1) is 10.2. The first-order valence-electron chi connectivity index (χ1n) is 9.38. The fourth-order valence-electron chi connectivity index (χ4n) is 4.47. The van der Waals surface area contributed by atoms with Gasteiger partial charge in [-0.15, -0.1) is 0 Å². The summed E-state index contributed by atoms with van der Waals surface area (Å²) in [6, 6.07) is 0. The molecule has 2 saturated carbocycles. The van der Waals surface area contributed by atoms with Crippen LogP contribution in [-0.2, 0) is 9.53 Å². The molecule has 0 aliphatic heterocycles. The molecule has 2 nitrogen and oxygen atoms in total. The maximum atomic E-state index is 12.3. The van der Waals surface area contributed by atoms with Gasteiger partial charge in [-0.2, -0.15) is 0 Å². The van der Waals surface area contributed by atoms with Crippen LogP contribution in [0.4, 0.5) is 0 Å². The quantitative estimate of drug-likeness (QED) is 0.568. The summed E-state index contributed by atoms with van der Waals surface area (Å²) >= 11 is 0. The van der Waals surface area contributed by atoms with Crippen molar-refractivity contribution in [3.63, 3.8) is 0 Å². The van der Waals surface area contributed by atoms with E-state index in [4.69, 9.17) is 4.74 Å². The first kappa shape index (κ1) is 16.8. The van der Waals surface area contributed by atoms with E-state index in [2.05, 4.69) is 13.8 Å². The maximum absolute atomic E-state index is 12.3. The van der Waals surface area contributed by atoms with Crippen molar-refractivity contribution < 1.29 is 9.53 Å². The normalized spacial score (nSPS) is 23.9. The van der Waals surface area contributed by atoms with Gasteiger partial charge >= 0.3 is 5.97 Å². The second kappa shape index (κ2) is 8.19. The average molecular weight is 294 g/mol. The van der Waals surface area contributed by atoms with E-state index in [-0.39, 0.29) is 11.6 Å². The Balaban J connectivity index is 1.85. The van der Waals surface area contributed by atoms with E-state index in [1.54, 1.807) is 0 Å². The summed E-state index contributed by atoms with van der Waals surface area (Å²) < 4.78 is 6.13. The Labute approximate surface area is 131 Å². The minimum Gasteiger partial charge on any atom is -0.459 e. The standard InChI is InChI=1S/C19H34O2/c1-3-9-16(2)12-13-18(20)21-19(14-7-8-15-19)17-10-5-4-6-11-17/h16-17H,3-15H2,1-2H3. The summed E-state index contributed by atoms with van der Waals surface area (Å²) in [5.74, 6) is 1.37. The number of carbonyl (C=O) groups is 1. The first-order valence-corrected chi connectivity index (χ1v) is 9.38. The Morgan fingerprint density at radius 2 is 1.76 bits per heavy atom. The number of rotatable bonds is 7. The van der Waals surface area contributed by atoms with E-state index in [9.17, 15) is 4.79 Å². The maximum Gasteiger partial charge on any atom is 0.306 e. The van der Waals surface area contributed by atoms with Crippen LogP contribution >= 0.6 is 0 Å². The fourth-order valence-corrected chi connectivity index (χ4v) is 4.47. The number of ether oxygens (including phenoxy) is 1. The summed E-state index contributed by atoms with van der Waals surface area (Å²) in [6.45, 7) is 4.47. The zero-order valence-electron chi connectivity index (χ0n) is 14.2. The van der Waals surface area contributed by atoms with Gasteiger partial charge < -0.3 is 4.74 Å². The van der Waals surface area contributed by atoms with Crippen molar-refractivity contribution >= 4 is 5.97 Å². The Kier molecular flexibility index (Phi) is 6.57. The molecule has 0 bridgehead atoms. The molecule has 122 valence electrons. The number of hydrogen-bond donors (Lipinski definition) is 0. The van der Waals surface area contributed by atoms with Crippen LogP contribution < -0.4 is 0 Å². The molecule has 2 aliphatic carbocycles. The molecule has 0 aromatic heterocycles. The second-order valence-corrected chi connectivity index (χ2v) is 7.51. The van der Waals surface area contributed by atoms with Gasteiger partial charge in [-0.3, -0.25) is 4.79 Å². The molecule has 21 heavy (non-hydrogen) atoms. The topological polar surface area (TPSA) is 26.3 Å². The summed E-state index contributed by atoms with van der Waals surface area (Å²) in [5, 5.41) is 0. The molecule has 0 heterocycles. The third-order valence-corrected chi connectivity index (χ3v) is 5.74. The lowest BCUT2D eigenvalue weighted by atomic mass is 9.75. The van der Waals surface area contributed by atoms with Crippen LogP contribution in [0.15, 0.2) is 0 Å². The third kappa shape index (κ3) is 4.72. The number of hydrogen-bond acceptors (Lipinski definition) is 2. The Bertz CT molecular complexity index is 312. The van der Waals surface area contributed by atoms with E-state index in [0.29, 0.717) is 18.3 Å². The van der Waals surface area contributed by atoms with E-state index < -0.39 is 0 Å². The van der Waals surface area contributed by atoms with Crippen molar-refractivity contribution in [2.24, 2.45) is 11.8 Å². The highest BCUT2D eigenvalue weighted by molar-refractivity contribution is 5.70. The molecular formula is C19H34O2. The van der Waals surface area contributed by atoms with Crippen LogP contribution in [0.2, 0.25) is 0 Å². The summed E-state index contributed by atoms with van der Waals surface area (Å²) in [5.41, 5.74) is -0.0779. The van der Waals surface area contributed by atoms with Crippen molar-refractivity contribution in [3.05, 3.63) is 0 Å². The fraction of sp³-hybridized carbons (Fsp3) is 0.947. The SMILES string of the molecule is CCCC(C)CCC(=O)OC1(C2CCCCC2)CCCC1. The summed E-state index contributed by atoms with van der Waals surface area (Å²) in [4.78, 5) is 12.3. The lowest BCUT2D eigenvalue weighted by Crippen LogP contribution is -2.41. The summed E-state index contributed by atoms with van der Waals surface area (Å²) in [7, 11) is 0. The highest BCUT2D eigenvalue weighted by Crippen LogP contribution is 2.45. The molecule has 1 unspecified atom stereocenters. The van der Waals surface area contributed by atoms with Crippen LogP contribution in [-0.4, -0.2) is 11.6 Å². The molecular weight excluding hydrogens is 260 g/mol. The van der Waals surface area contributed by atoms with Crippen LogP contribution in [0.25, 0.3) is 0 Å². The van der Waals surface area contributed by atoms with Crippen LogP contribution in [0.1, 0.15) is 97.3 Å². The number of carbonyl (C=O) groups excluding carboxylic acids is 1. The highest BCUT2D eigenvalue weighted by Gasteiger charge is 2.44. The van der Waals surface area contributed by atoms with E-state index >= 15 is 0 Å². The van der Waals surface area contributed by atoms with Gasteiger partial charge in [-0.05, 0) is 56.8 Å². The Hall–Kier alpha value is -0.530. The largest absolute Gasteiger partial charge is 0.459 e. The molecule has 2 aliphatic rings. The molecule has 1 atom stereocenters. The van der Waals surface area contributed by atoms with Crippen molar-refractivity contribution in [2.75, 3.05) is 0 Å². The Morgan fingerprint density at radius 1 is 1.10 bits per heavy atom. The Morgan fingerprint density at radius 3 is 2.38 bits per heavy atom. The van der Waals surface area contributed by atoms with Gasteiger partial charge in [0, 0.05) is 6.42 Å². The van der Waals surface area contributed by atoms with Crippen LogP contribution in [0.5, 0.6) is 0 Å². The third-order valence-electron chi connectivity index (χ3n) is 5.74. The average Bonchev–Trinajstić information content (AvgIpc) is 2.96. The van der Waals surface area contributed by atoms with Crippen LogP contribution in [0.3, 0.4) is 0 Å². The lowest BCUT2D eigenvalue weighted by molar-refractivity contribution is -0.167. The molecule has 0 amide bonds. The van der Waals surface area contributed by atoms with Gasteiger partial charge in [0.25, 0.3) is 0 Å². The highest BCUT2D eigenvalue weighted by atomic mass is 16.6. The minimum atomic E-state index is -0.0779. The van der Waals surface area contributed by atoms with Gasteiger partial charge in [0.2, 0.25) is 0 Å². The van der Waals surface area contributed by atoms with Crippen molar-refractivity contribution in [1.29, 1.82) is 0 Å². The van der Waals surface area contributed by atoms with Gasteiger partial charge in [0.15, 0.2) is 0 Å². The van der Waals surface area contributed by atoms with Crippen molar-refractivity contribution in [3.8, 4) is 0 Å². The van der Waals surface area contributed by atoms with Crippen molar-refractivity contribution in [1.82, 2.24) is 0 Å². The molecule has 2 heteroatoms. The molecule has 2 rings (SSSR count). The smallest absolute Gasteiger partial charge is 0.306 e. The van der Waals surface area contributed by atoms with Gasteiger partial charge in [0.05, 0.1) is 0 Å². The zero-order chi connectivity index (χ0) is 15.1. The van der Waals surface area contributed by atoms with E-state index in [1.807, 2.05) is 0 Å². The molecule has 0 saturated heterocycles. The van der Waals surface area contributed by atoms with E-state index in [0.717, 1.165) is 19.3 Å². The van der Waals surface area contributed by atoms with Gasteiger partial charge in [0.1, 0.15) is 5.60 Å². The molecule has 0 aromatic rings. The molecule has 0 spiro atoms. The van der Waals surface area contributed by atoms with Gasteiger partial charge in [-0.25, -0.2) is 0 Å². The van der Waals surface area contributed by atoms with E-state index in [1.165, 1.54) is 57.8 Å². The molecule has 0 N–H and O–H groups in total. The molecule has 0 radical (unpaired) electrons. The van der Waals surface area contributed by atoms with Crippen LogP contribution in [0, 0.1) is 11.8 Å². The molecule has 2 fully saturated rings. The van der Waals surface area contributed by atoms with Crippen molar-refractivity contribution in [2.45, 2.75) is 103 Å². The van der Waals surface area contributed by atoms with Gasteiger partial charge in [-0.1, -0.05) is 46.0 Å². The zero-order valence-corrected chi connectivity index (χ0v) is 14.2. The second-order valence-electron chi connectivity index (χ2n) is 7.51. The monoisotopic (exact) mass is 294 g/mol. The lowest BCUT2D eigenvalue weighted by Gasteiger charge is -2.39. The molecule has 0 aromatic carbocycles. The summed E-state index contributed by atoms with van der Waals surface area (Å²) in [6.07, 6.45) is 15.4. The predicted molar refractivity (Wildman–Crippen MR) is 87.2 cm³/mol. The minimum absolute atomic E-state index is 0.0745.